The fourth-order valence-corrected chi connectivity index (χ4v) is 2.49. The highest BCUT2D eigenvalue weighted by Crippen LogP contribution is 2.32. The van der Waals surface area contributed by atoms with E-state index in [9.17, 15) is 4.79 Å². The van der Waals surface area contributed by atoms with Gasteiger partial charge in [0.2, 0.25) is 0 Å². The smallest absolute Gasteiger partial charge is 0.414 e. The van der Waals surface area contributed by atoms with Crippen molar-refractivity contribution in [1.82, 2.24) is 15.1 Å². The van der Waals surface area contributed by atoms with E-state index < -0.39 is 6.09 Å². The lowest BCUT2D eigenvalue weighted by Gasteiger charge is -2.14. The molecule has 0 aliphatic carbocycles. The maximum absolute atomic E-state index is 12.1. The van der Waals surface area contributed by atoms with Gasteiger partial charge in [-0.1, -0.05) is 0 Å². The Morgan fingerprint density at radius 2 is 1.36 bits per heavy atom. The minimum absolute atomic E-state index is 0.324. The second kappa shape index (κ2) is 8.39. The van der Waals surface area contributed by atoms with Crippen LogP contribution in [-0.4, -0.2) is 49.5 Å². The van der Waals surface area contributed by atoms with Crippen molar-refractivity contribution in [2.45, 2.75) is 0 Å². The first-order valence-corrected chi connectivity index (χ1v) is 8.57. The predicted octanol–water partition coefficient (Wildman–Crippen LogP) is 3.89. The molecule has 7 heteroatoms. The second-order valence-electron chi connectivity index (χ2n) is 6.16. The van der Waals surface area contributed by atoms with Gasteiger partial charge in [-0.3, -0.25) is 0 Å². The molecule has 3 aromatic rings. The monoisotopic (exact) mass is 379 g/mol. The number of nitrogens with zero attached hydrogens (tertiary/aromatic N) is 3. The zero-order valence-electron chi connectivity index (χ0n) is 16.2. The number of ether oxygens (including phenoxy) is 3. The van der Waals surface area contributed by atoms with Crippen LogP contribution in [0.5, 0.6) is 17.2 Å². The maximum Gasteiger partial charge on any atom is 0.414 e. The Bertz CT molecular complexity index is 954. The predicted molar refractivity (Wildman–Crippen MR) is 106 cm³/mol. The molecule has 0 radical (unpaired) electrons. The minimum Gasteiger partial charge on any atom is -0.497 e. The standard InChI is InChI=1S/C21H21N3O4/c1-24(2)21(25)28-19-13-18(14-5-9-16(26-3)10-6-14)22-23-20(19)15-7-11-17(27-4)12-8-15/h5-13H,1-4H3. The van der Waals surface area contributed by atoms with Gasteiger partial charge < -0.3 is 19.1 Å². The zero-order valence-corrected chi connectivity index (χ0v) is 16.2. The molecule has 0 atom stereocenters. The molecule has 0 saturated carbocycles. The van der Waals surface area contributed by atoms with Gasteiger partial charge in [-0.05, 0) is 48.5 Å². The summed E-state index contributed by atoms with van der Waals surface area (Å²) in [6.45, 7) is 0. The number of benzene rings is 2. The summed E-state index contributed by atoms with van der Waals surface area (Å²) >= 11 is 0. The van der Waals surface area contributed by atoms with E-state index in [1.807, 2.05) is 48.5 Å². The Balaban J connectivity index is 2.03. The van der Waals surface area contributed by atoms with Crippen LogP contribution in [0.2, 0.25) is 0 Å². The number of hydrogen-bond acceptors (Lipinski definition) is 6. The third kappa shape index (κ3) is 4.20. The summed E-state index contributed by atoms with van der Waals surface area (Å²) in [5.74, 6) is 1.79. The zero-order chi connectivity index (χ0) is 20.1. The van der Waals surface area contributed by atoms with E-state index in [0.29, 0.717) is 17.1 Å². The molecular weight excluding hydrogens is 358 g/mol. The van der Waals surface area contributed by atoms with Crippen molar-refractivity contribution in [2.24, 2.45) is 0 Å². The van der Waals surface area contributed by atoms with Gasteiger partial charge in [0.25, 0.3) is 0 Å². The van der Waals surface area contributed by atoms with Crippen molar-refractivity contribution in [3.8, 4) is 39.8 Å². The molecule has 28 heavy (non-hydrogen) atoms. The van der Waals surface area contributed by atoms with Crippen LogP contribution in [0.15, 0.2) is 54.6 Å². The number of carbonyl (C=O) groups excluding carboxylic acids is 1. The summed E-state index contributed by atoms with van der Waals surface area (Å²) in [7, 11) is 6.45. The molecule has 0 unspecified atom stereocenters. The molecule has 0 N–H and O–H groups in total. The first kappa shape index (κ1) is 19.2. The quantitative estimate of drug-likeness (QED) is 0.670. The van der Waals surface area contributed by atoms with Crippen LogP contribution in [0.25, 0.3) is 22.5 Å². The number of carbonyl (C=O) groups is 1. The number of amides is 1. The molecule has 2 aromatic carbocycles. The lowest BCUT2D eigenvalue weighted by Crippen LogP contribution is -2.25. The highest BCUT2D eigenvalue weighted by atomic mass is 16.6. The fourth-order valence-electron chi connectivity index (χ4n) is 2.49. The van der Waals surface area contributed by atoms with Gasteiger partial charge in [-0.2, -0.15) is 0 Å². The van der Waals surface area contributed by atoms with Crippen LogP contribution in [-0.2, 0) is 0 Å². The summed E-state index contributed by atoms with van der Waals surface area (Å²) in [4.78, 5) is 13.5. The summed E-state index contributed by atoms with van der Waals surface area (Å²) in [6, 6.07) is 16.4. The van der Waals surface area contributed by atoms with Crippen LogP contribution in [0, 0.1) is 0 Å². The Kier molecular flexibility index (Phi) is 5.74. The van der Waals surface area contributed by atoms with Crippen LogP contribution >= 0.6 is 0 Å². The first-order chi connectivity index (χ1) is 13.5. The number of hydrogen-bond donors (Lipinski definition) is 0. The van der Waals surface area contributed by atoms with E-state index in [4.69, 9.17) is 14.2 Å². The van der Waals surface area contributed by atoms with Gasteiger partial charge in [-0.25, -0.2) is 4.79 Å². The van der Waals surface area contributed by atoms with Crippen molar-refractivity contribution in [3.05, 3.63) is 54.6 Å². The molecule has 7 nitrogen and oxygen atoms in total. The Morgan fingerprint density at radius 3 is 1.86 bits per heavy atom. The van der Waals surface area contributed by atoms with Gasteiger partial charge in [0.05, 0.1) is 19.9 Å². The van der Waals surface area contributed by atoms with E-state index >= 15 is 0 Å². The van der Waals surface area contributed by atoms with E-state index in [1.54, 1.807) is 34.4 Å². The highest BCUT2D eigenvalue weighted by molar-refractivity contribution is 5.77. The third-order valence-electron chi connectivity index (χ3n) is 4.07. The molecule has 1 aromatic heterocycles. The number of methoxy groups -OCH3 is 2. The average molecular weight is 379 g/mol. The maximum atomic E-state index is 12.1. The van der Waals surface area contributed by atoms with Gasteiger partial charge in [0.15, 0.2) is 5.75 Å². The van der Waals surface area contributed by atoms with Gasteiger partial charge in [0, 0.05) is 31.3 Å². The van der Waals surface area contributed by atoms with E-state index in [1.165, 1.54) is 4.90 Å². The molecule has 1 amide bonds. The van der Waals surface area contributed by atoms with Crippen LogP contribution < -0.4 is 14.2 Å². The number of aromatic nitrogens is 2. The lowest BCUT2D eigenvalue weighted by atomic mass is 10.1. The molecule has 3 rings (SSSR count). The van der Waals surface area contributed by atoms with Crippen LogP contribution in [0.4, 0.5) is 4.79 Å². The lowest BCUT2D eigenvalue weighted by molar-refractivity contribution is 0.172. The Hall–Kier alpha value is -3.61. The van der Waals surface area contributed by atoms with Gasteiger partial charge in [0.1, 0.15) is 17.2 Å². The number of rotatable bonds is 5. The van der Waals surface area contributed by atoms with Gasteiger partial charge in [-0.15, -0.1) is 10.2 Å². The van der Waals surface area contributed by atoms with Crippen molar-refractivity contribution in [2.75, 3.05) is 28.3 Å². The molecular formula is C21H21N3O4. The Labute approximate surface area is 163 Å². The summed E-state index contributed by atoms with van der Waals surface area (Å²) in [5.41, 5.74) is 2.64. The molecule has 0 aliphatic heterocycles. The molecule has 0 aliphatic rings. The van der Waals surface area contributed by atoms with Gasteiger partial charge >= 0.3 is 6.09 Å². The average Bonchev–Trinajstić information content (AvgIpc) is 2.74. The topological polar surface area (TPSA) is 73.8 Å². The normalized spacial score (nSPS) is 10.3. The van der Waals surface area contributed by atoms with Crippen molar-refractivity contribution in [1.29, 1.82) is 0 Å². The van der Waals surface area contributed by atoms with Crippen molar-refractivity contribution < 1.29 is 19.0 Å². The first-order valence-electron chi connectivity index (χ1n) is 8.57. The summed E-state index contributed by atoms with van der Waals surface area (Å²) in [6.07, 6.45) is -0.497. The molecule has 144 valence electrons. The molecule has 1 heterocycles. The highest BCUT2D eigenvalue weighted by Gasteiger charge is 2.17. The summed E-state index contributed by atoms with van der Waals surface area (Å²) < 4.78 is 15.9. The Morgan fingerprint density at radius 1 is 0.821 bits per heavy atom. The minimum atomic E-state index is -0.497. The summed E-state index contributed by atoms with van der Waals surface area (Å²) in [5, 5.41) is 8.63. The molecule has 0 spiro atoms. The molecule has 0 saturated heterocycles. The van der Waals surface area contributed by atoms with Crippen molar-refractivity contribution in [3.63, 3.8) is 0 Å². The fraction of sp³-hybridized carbons (Fsp3) is 0.190. The largest absolute Gasteiger partial charge is 0.497 e. The van der Waals surface area contributed by atoms with Crippen LogP contribution in [0.3, 0.4) is 0 Å². The van der Waals surface area contributed by atoms with E-state index in [2.05, 4.69) is 10.2 Å². The van der Waals surface area contributed by atoms with E-state index in [0.717, 1.165) is 22.6 Å². The third-order valence-corrected chi connectivity index (χ3v) is 4.07. The van der Waals surface area contributed by atoms with Crippen LogP contribution in [0.1, 0.15) is 0 Å². The second-order valence-corrected chi connectivity index (χ2v) is 6.16. The molecule has 0 bridgehead atoms. The SMILES string of the molecule is COc1ccc(-c2cc(OC(=O)N(C)C)c(-c3ccc(OC)cc3)nn2)cc1. The molecule has 0 fully saturated rings. The van der Waals surface area contributed by atoms with E-state index in [-0.39, 0.29) is 0 Å². The van der Waals surface area contributed by atoms with Crippen molar-refractivity contribution >= 4 is 6.09 Å².